The van der Waals surface area contributed by atoms with Crippen LogP contribution in [0, 0.1) is 5.82 Å². The Morgan fingerprint density at radius 1 is 1.29 bits per heavy atom. The van der Waals surface area contributed by atoms with Gasteiger partial charge in [-0.05, 0) is 25.0 Å². The summed E-state index contributed by atoms with van der Waals surface area (Å²) in [6.45, 7) is 8.64. The molecule has 114 valence electrons. The van der Waals surface area contributed by atoms with E-state index in [2.05, 4.69) is 15.4 Å². The van der Waals surface area contributed by atoms with Gasteiger partial charge in [-0.25, -0.2) is 14.1 Å². The Morgan fingerprint density at radius 2 is 2.05 bits per heavy atom. The van der Waals surface area contributed by atoms with Crippen LogP contribution in [0.25, 0.3) is 5.82 Å². The van der Waals surface area contributed by atoms with E-state index in [-0.39, 0.29) is 11.6 Å². The Bertz CT molecular complexity index is 604. The van der Waals surface area contributed by atoms with E-state index in [4.69, 9.17) is 0 Å². The highest BCUT2D eigenvalue weighted by molar-refractivity contribution is 5.32. The van der Waals surface area contributed by atoms with Gasteiger partial charge in [-0.15, -0.1) is 0 Å². The summed E-state index contributed by atoms with van der Waals surface area (Å²) in [4.78, 5) is 4.19. The van der Waals surface area contributed by atoms with Gasteiger partial charge in [0.2, 0.25) is 0 Å². The minimum atomic E-state index is -0.300. The van der Waals surface area contributed by atoms with Crippen LogP contribution in [0.2, 0.25) is 0 Å². The zero-order chi connectivity index (χ0) is 15.4. The number of aromatic nitrogens is 3. The van der Waals surface area contributed by atoms with Crippen molar-refractivity contribution in [2.45, 2.75) is 53.1 Å². The first-order valence-corrected chi connectivity index (χ1v) is 7.51. The summed E-state index contributed by atoms with van der Waals surface area (Å²) in [5.41, 5.74) is 2.55. The minimum absolute atomic E-state index is 0.287. The first-order valence-electron chi connectivity index (χ1n) is 7.51. The van der Waals surface area contributed by atoms with Gasteiger partial charge in [0, 0.05) is 30.0 Å². The molecule has 0 fully saturated rings. The number of pyridine rings is 1. The number of nitrogens with zero attached hydrogens (tertiary/aromatic N) is 3. The van der Waals surface area contributed by atoms with Crippen molar-refractivity contribution in [1.82, 2.24) is 20.1 Å². The molecule has 2 rings (SSSR count). The molecule has 0 spiro atoms. The lowest BCUT2D eigenvalue weighted by atomic mass is 10.2. The smallest absolute Gasteiger partial charge is 0.190 e. The number of aryl methyl sites for hydroxylation is 2. The van der Waals surface area contributed by atoms with Gasteiger partial charge in [0.1, 0.15) is 0 Å². The second kappa shape index (κ2) is 6.80. The lowest BCUT2D eigenvalue weighted by Gasteiger charge is -2.12. The standard InChI is InChI=1S/C16H23FN4/c1-5-13-9-14(6-2)21(20-13)16-15(17)12(7-8-18-16)10-19-11(3)4/h7-9,11,19H,5-6,10H2,1-4H3. The topological polar surface area (TPSA) is 42.7 Å². The van der Waals surface area contributed by atoms with Crippen molar-refractivity contribution in [3.8, 4) is 5.82 Å². The molecular weight excluding hydrogens is 267 g/mol. The summed E-state index contributed by atoms with van der Waals surface area (Å²) in [5, 5.41) is 7.69. The molecule has 2 aromatic rings. The number of hydrogen-bond acceptors (Lipinski definition) is 3. The molecule has 0 aliphatic carbocycles. The first-order chi connectivity index (χ1) is 10.1. The summed E-state index contributed by atoms with van der Waals surface area (Å²) < 4.78 is 16.3. The van der Waals surface area contributed by atoms with Crippen molar-refractivity contribution in [3.63, 3.8) is 0 Å². The van der Waals surface area contributed by atoms with Crippen molar-refractivity contribution in [3.05, 3.63) is 41.1 Å². The van der Waals surface area contributed by atoms with Crippen LogP contribution in [0.15, 0.2) is 18.3 Å². The molecule has 2 heterocycles. The molecule has 2 aromatic heterocycles. The molecule has 0 aliphatic heterocycles. The first kappa shape index (κ1) is 15.6. The van der Waals surface area contributed by atoms with E-state index in [0.29, 0.717) is 18.2 Å². The van der Waals surface area contributed by atoms with Gasteiger partial charge in [0.15, 0.2) is 11.6 Å². The van der Waals surface area contributed by atoms with Crippen LogP contribution in [-0.4, -0.2) is 20.8 Å². The summed E-state index contributed by atoms with van der Waals surface area (Å²) in [5.74, 6) is -0.0132. The second-order valence-electron chi connectivity index (χ2n) is 5.39. The molecular formula is C16H23FN4. The van der Waals surface area contributed by atoms with E-state index in [9.17, 15) is 4.39 Å². The van der Waals surface area contributed by atoms with Crippen molar-refractivity contribution in [2.75, 3.05) is 0 Å². The summed E-state index contributed by atoms with van der Waals surface area (Å²) >= 11 is 0. The average Bonchev–Trinajstić information content (AvgIpc) is 2.89. The monoisotopic (exact) mass is 290 g/mol. The maximum Gasteiger partial charge on any atom is 0.190 e. The summed E-state index contributed by atoms with van der Waals surface area (Å²) in [6, 6.07) is 4.04. The fraction of sp³-hybridized carbons (Fsp3) is 0.500. The highest BCUT2D eigenvalue weighted by Gasteiger charge is 2.15. The van der Waals surface area contributed by atoms with E-state index in [1.807, 2.05) is 33.8 Å². The average molecular weight is 290 g/mol. The molecule has 21 heavy (non-hydrogen) atoms. The maximum atomic E-state index is 14.7. The van der Waals surface area contributed by atoms with Crippen LogP contribution in [0.3, 0.4) is 0 Å². The van der Waals surface area contributed by atoms with E-state index in [0.717, 1.165) is 24.2 Å². The Labute approximate surface area is 125 Å². The zero-order valence-electron chi connectivity index (χ0n) is 13.2. The van der Waals surface area contributed by atoms with Crippen LogP contribution in [-0.2, 0) is 19.4 Å². The Hall–Kier alpha value is -1.75. The van der Waals surface area contributed by atoms with E-state index < -0.39 is 0 Å². The van der Waals surface area contributed by atoms with Gasteiger partial charge < -0.3 is 5.32 Å². The maximum absolute atomic E-state index is 14.7. The lowest BCUT2D eigenvalue weighted by Crippen LogP contribution is -2.23. The van der Waals surface area contributed by atoms with Gasteiger partial charge >= 0.3 is 0 Å². The molecule has 0 saturated heterocycles. The van der Waals surface area contributed by atoms with Crippen molar-refractivity contribution in [1.29, 1.82) is 0 Å². The van der Waals surface area contributed by atoms with Gasteiger partial charge in [0.25, 0.3) is 0 Å². The summed E-state index contributed by atoms with van der Waals surface area (Å²) in [6.07, 6.45) is 3.27. The van der Waals surface area contributed by atoms with Gasteiger partial charge in [-0.2, -0.15) is 5.10 Å². The van der Waals surface area contributed by atoms with Crippen LogP contribution < -0.4 is 5.32 Å². The van der Waals surface area contributed by atoms with E-state index in [1.165, 1.54) is 0 Å². The van der Waals surface area contributed by atoms with Crippen LogP contribution >= 0.6 is 0 Å². The van der Waals surface area contributed by atoms with Crippen LogP contribution in [0.5, 0.6) is 0 Å². The SMILES string of the molecule is CCc1cc(CC)n(-c2nccc(CNC(C)C)c2F)n1. The molecule has 0 radical (unpaired) electrons. The van der Waals surface area contributed by atoms with E-state index in [1.54, 1.807) is 16.9 Å². The fourth-order valence-corrected chi connectivity index (χ4v) is 2.15. The normalized spacial score (nSPS) is 11.3. The quantitative estimate of drug-likeness (QED) is 0.889. The van der Waals surface area contributed by atoms with Crippen LogP contribution in [0.1, 0.15) is 44.6 Å². The number of nitrogens with one attached hydrogen (secondary N) is 1. The molecule has 0 atom stereocenters. The molecule has 1 N–H and O–H groups in total. The fourth-order valence-electron chi connectivity index (χ4n) is 2.15. The number of hydrogen-bond donors (Lipinski definition) is 1. The number of rotatable bonds is 6. The Morgan fingerprint density at radius 3 is 2.67 bits per heavy atom. The molecule has 0 aliphatic rings. The third-order valence-corrected chi connectivity index (χ3v) is 3.41. The molecule has 5 heteroatoms. The van der Waals surface area contributed by atoms with Gasteiger partial charge in [0.05, 0.1) is 5.69 Å². The second-order valence-corrected chi connectivity index (χ2v) is 5.39. The van der Waals surface area contributed by atoms with Crippen molar-refractivity contribution in [2.24, 2.45) is 0 Å². The summed E-state index contributed by atoms with van der Waals surface area (Å²) in [7, 11) is 0. The molecule has 4 nitrogen and oxygen atoms in total. The Balaban J connectivity index is 2.40. The highest BCUT2D eigenvalue weighted by atomic mass is 19.1. The predicted molar refractivity (Wildman–Crippen MR) is 82.0 cm³/mol. The minimum Gasteiger partial charge on any atom is -0.310 e. The predicted octanol–water partition coefficient (Wildman–Crippen LogP) is 3.03. The lowest BCUT2D eigenvalue weighted by molar-refractivity contribution is 0.540. The molecule has 0 saturated carbocycles. The molecule has 0 bridgehead atoms. The number of halogens is 1. The third kappa shape index (κ3) is 3.47. The molecule has 0 amide bonds. The van der Waals surface area contributed by atoms with Crippen molar-refractivity contribution >= 4 is 0 Å². The van der Waals surface area contributed by atoms with Crippen molar-refractivity contribution < 1.29 is 4.39 Å². The zero-order valence-corrected chi connectivity index (χ0v) is 13.2. The van der Waals surface area contributed by atoms with E-state index >= 15 is 0 Å². The highest BCUT2D eigenvalue weighted by Crippen LogP contribution is 2.18. The molecule has 0 aromatic carbocycles. The van der Waals surface area contributed by atoms with Crippen LogP contribution in [0.4, 0.5) is 4.39 Å². The molecule has 0 unspecified atom stereocenters. The Kier molecular flexibility index (Phi) is 5.07. The largest absolute Gasteiger partial charge is 0.310 e. The third-order valence-electron chi connectivity index (χ3n) is 3.41. The van der Waals surface area contributed by atoms with Gasteiger partial charge in [-0.1, -0.05) is 27.7 Å². The van der Waals surface area contributed by atoms with Gasteiger partial charge in [-0.3, -0.25) is 0 Å².